The summed E-state index contributed by atoms with van der Waals surface area (Å²) in [5.74, 6) is -0.314. The highest BCUT2D eigenvalue weighted by molar-refractivity contribution is 7.98. The van der Waals surface area contributed by atoms with Gasteiger partial charge in [0.2, 0.25) is 0 Å². The Morgan fingerprint density at radius 1 is 1.06 bits per heavy atom. The number of carbonyl (C=O) groups excluding carboxylic acids is 2. The Morgan fingerprint density at radius 3 is 2.29 bits per heavy atom. The number of ether oxygens (including phenoxy) is 3. The lowest BCUT2D eigenvalue weighted by Crippen LogP contribution is -2.42. The van der Waals surface area contributed by atoms with Crippen LogP contribution in [0.1, 0.15) is 48.7 Å². The number of alkyl halides is 2. The zero-order valence-corrected chi connectivity index (χ0v) is 20.8. The third kappa shape index (κ3) is 8.20. The average molecular weight is 496 g/mol. The molecule has 0 aliphatic rings. The lowest BCUT2D eigenvalue weighted by Gasteiger charge is -2.20. The Balaban J connectivity index is 2.05. The summed E-state index contributed by atoms with van der Waals surface area (Å²) >= 11 is 1.55. The van der Waals surface area contributed by atoms with E-state index in [0.29, 0.717) is 23.3 Å². The van der Waals surface area contributed by atoms with Gasteiger partial charge in [-0.25, -0.2) is 4.79 Å². The number of methoxy groups -OCH3 is 1. The highest BCUT2D eigenvalue weighted by Gasteiger charge is 2.23. The van der Waals surface area contributed by atoms with E-state index in [1.807, 2.05) is 18.4 Å². The van der Waals surface area contributed by atoms with Crippen molar-refractivity contribution >= 4 is 23.6 Å². The highest BCUT2D eigenvalue weighted by atomic mass is 32.2. The summed E-state index contributed by atoms with van der Waals surface area (Å²) in [6.45, 7) is 3.17. The molecule has 0 aromatic heterocycles. The largest absolute Gasteiger partial charge is 0.493 e. The summed E-state index contributed by atoms with van der Waals surface area (Å²) in [5, 5.41) is 2.76. The van der Waals surface area contributed by atoms with Crippen LogP contribution in [0.25, 0.3) is 0 Å². The number of carbonyl (C=O) groups is 2. The summed E-state index contributed by atoms with van der Waals surface area (Å²) in [5.41, 5.74) is 2.04. The molecule has 0 fully saturated rings. The molecular formula is C25H31F2NO5S. The molecule has 0 heterocycles. The van der Waals surface area contributed by atoms with Crippen molar-refractivity contribution in [2.24, 2.45) is 0 Å². The van der Waals surface area contributed by atoms with Gasteiger partial charge in [0.25, 0.3) is 5.91 Å². The average Bonchev–Trinajstić information content (AvgIpc) is 2.79. The van der Waals surface area contributed by atoms with E-state index in [9.17, 15) is 18.4 Å². The van der Waals surface area contributed by atoms with Gasteiger partial charge < -0.3 is 19.5 Å². The lowest BCUT2D eigenvalue weighted by atomic mass is 9.86. The molecular weight excluding hydrogens is 464 g/mol. The first kappa shape index (κ1) is 27.4. The molecule has 0 saturated carbocycles. The molecule has 0 radical (unpaired) electrons. The third-order valence-corrected chi connectivity index (χ3v) is 5.68. The number of esters is 1. The number of halogens is 2. The fourth-order valence-electron chi connectivity index (χ4n) is 3.10. The van der Waals surface area contributed by atoms with Gasteiger partial charge in [0.1, 0.15) is 12.6 Å². The lowest BCUT2D eigenvalue weighted by molar-refractivity contribution is -0.147. The molecule has 0 bridgehead atoms. The van der Waals surface area contributed by atoms with Crippen LogP contribution in [-0.2, 0) is 21.6 Å². The number of hydrogen-bond donors (Lipinski definition) is 1. The molecule has 186 valence electrons. The van der Waals surface area contributed by atoms with E-state index in [1.165, 1.54) is 25.3 Å². The van der Waals surface area contributed by atoms with Crippen LogP contribution in [0, 0.1) is 0 Å². The molecule has 2 rings (SSSR count). The van der Waals surface area contributed by atoms with Gasteiger partial charge in [-0.3, -0.25) is 4.79 Å². The summed E-state index contributed by atoms with van der Waals surface area (Å²) < 4.78 is 39.9. The molecule has 2 aromatic carbocycles. The van der Waals surface area contributed by atoms with Crippen LogP contribution in [0.2, 0.25) is 0 Å². The van der Waals surface area contributed by atoms with E-state index in [4.69, 9.17) is 9.47 Å². The maximum absolute atomic E-state index is 12.7. The van der Waals surface area contributed by atoms with Crippen LogP contribution in [0.3, 0.4) is 0 Å². The van der Waals surface area contributed by atoms with Gasteiger partial charge in [0.15, 0.2) is 11.5 Å². The van der Waals surface area contributed by atoms with Crippen molar-refractivity contribution in [1.82, 2.24) is 5.32 Å². The van der Waals surface area contributed by atoms with Crippen LogP contribution in [0.5, 0.6) is 11.5 Å². The minimum atomic E-state index is -2.98. The number of hydrogen-bond acceptors (Lipinski definition) is 6. The summed E-state index contributed by atoms with van der Waals surface area (Å²) in [7, 11) is 1.32. The second-order valence-electron chi connectivity index (χ2n) is 8.61. The van der Waals surface area contributed by atoms with Gasteiger partial charge in [-0.05, 0) is 59.2 Å². The van der Waals surface area contributed by atoms with Crippen molar-refractivity contribution in [1.29, 1.82) is 0 Å². The predicted octanol–water partition coefficient (Wildman–Crippen LogP) is 5.19. The molecule has 2 aromatic rings. The van der Waals surface area contributed by atoms with E-state index in [0.717, 1.165) is 5.56 Å². The second-order valence-corrected chi connectivity index (χ2v) is 9.59. The van der Waals surface area contributed by atoms with Crippen LogP contribution in [-0.4, -0.2) is 43.6 Å². The fourth-order valence-corrected chi connectivity index (χ4v) is 3.57. The Kier molecular flexibility index (Phi) is 10.2. The van der Waals surface area contributed by atoms with Gasteiger partial charge in [-0.15, -0.1) is 0 Å². The number of benzene rings is 2. The van der Waals surface area contributed by atoms with Crippen molar-refractivity contribution in [2.75, 3.05) is 19.1 Å². The van der Waals surface area contributed by atoms with Gasteiger partial charge in [0.05, 0.1) is 7.11 Å². The first-order valence-corrected chi connectivity index (χ1v) is 12.1. The first-order chi connectivity index (χ1) is 16.0. The number of thioether (sulfide) groups is 1. The minimum Gasteiger partial charge on any atom is -0.493 e. The molecule has 6 nitrogen and oxygen atoms in total. The molecule has 0 aliphatic heterocycles. The molecule has 1 atom stereocenters. The van der Waals surface area contributed by atoms with Crippen LogP contribution in [0.15, 0.2) is 42.5 Å². The van der Waals surface area contributed by atoms with E-state index in [1.54, 1.807) is 23.9 Å². The molecule has 0 spiro atoms. The van der Waals surface area contributed by atoms with Crippen LogP contribution >= 0.6 is 11.8 Å². The standard InChI is InChI=1S/C25H31F2NO5S/c1-25(2,3)18-9-7-17(8-10-18)22(29)28-19(12-13-34-5)23(30)32-15-16-6-11-20(33-24(26)27)21(14-16)31-4/h6-11,14,19,24H,12-13,15H2,1-5H3,(H,28,29). The van der Waals surface area contributed by atoms with E-state index >= 15 is 0 Å². The summed E-state index contributed by atoms with van der Waals surface area (Å²) in [6.07, 6.45) is 2.31. The van der Waals surface area contributed by atoms with Gasteiger partial charge in [0, 0.05) is 5.56 Å². The molecule has 0 aliphatic carbocycles. The maximum atomic E-state index is 12.7. The summed E-state index contributed by atoms with van der Waals surface area (Å²) in [6, 6.07) is 10.7. The van der Waals surface area contributed by atoms with Gasteiger partial charge in [-0.2, -0.15) is 20.5 Å². The fraction of sp³-hybridized carbons (Fsp3) is 0.440. The van der Waals surface area contributed by atoms with Gasteiger partial charge >= 0.3 is 12.6 Å². The Morgan fingerprint density at radius 2 is 1.74 bits per heavy atom. The Labute approximate surface area is 203 Å². The SMILES string of the molecule is COc1cc(COC(=O)C(CCSC)NC(=O)c2ccc(C(C)(C)C)cc2)ccc1OC(F)F. The van der Waals surface area contributed by atoms with Gasteiger partial charge in [-0.1, -0.05) is 39.0 Å². The molecule has 9 heteroatoms. The van der Waals surface area contributed by atoms with Crippen molar-refractivity contribution in [2.45, 2.75) is 51.9 Å². The normalized spacial score (nSPS) is 12.2. The van der Waals surface area contributed by atoms with Crippen molar-refractivity contribution < 1.29 is 32.6 Å². The van der Waals surface area contributed by atoms with E-state index < -0.39 is 18.6 Å². The first-order valence-electron chi connectivity index (χ1n) is 10.7. The monoisotopic (exact) mass is 495 g/mol. The van der Waals surface area contributed by atoms with E-state index in [2.05, 4.69) is 30.8 Å². The van der Waals surface area contributed by atoms with Crippen molar-refractivity contribution in [3.05, 3.63) is 59.2 Å². The third-order valence-electron chi connectivity index (χ3n) is 5.04. The zero-order valence-electron chi connectivity index (χ0n) is 20.0. The van der Waals surface area contributed by atoms with Crippen molar-refractivity contribution in [3.8, 4) is 11.5 Å². The zero-order chi connectivity index (χ0) is 25.3. The maximum Gasteiger partial charge on any atom is 0.387 e. The predicted molar refractivity (Wildman–Crippen MR) is 129 cm³/mol. The topological polar surface area (TPSA) is 73.9 Å². The quantitative estimate of drug-likeness (QED) is 0.433. The molecule has 1 amide bonds. The Hall–Kier alpha value is -2.81. The summed E-state index contributed by atoms with van der Waals surface area (Å²) in [4.78, 5) is 25.5. The Bertz CT molecular complexity index is 961. The number of amides is 1. The minimum absolute atomic E-state index is 0.0356. The smallest absolute Gasteiger partial charge is 0.387 e. The molecule has 0 saturated heterocycles. The molecule has 1 unspecified atom stereocenters. The van der Waals surface area contributed by atoms with E-state index in [-0.39, 0.29) is 29.4 Å². The van der Waals surface area contributed by atoms with Crippen molar-refractivity contribution in [3.63, 3.8) is 0 Å². The number of nitrogens with one attached hydrogen (secondary N) is 1. The highest BCUT2D eigenvalue weighted by Crippen LogP contribution is 2.29. The van der Waals surface area contributed by atoms with Crippen LogP contribution < -0.4 is 14.8 Å². The number of rotatable bonds is 11. The molecule has 1 N–H and O–H groups in total. The van der Waals surface area contributed by atoms with Crippen LogP contribution in [0.4, 0.5) is 8.78 Å². The molecule has 34 heavy (non-hydrogen) atoms. The second kappa shape index (κ2) is 12.6.